The molecular formula is C20H33NO5. The molecule has 26 heavy (non-hydrogen) atoms. The van der Waals surface area contributed by atoms with Crippen LogP contribution in [-0.2, 0) is 9.53 Å². The van der Waals surface area contributed by atoms with Crippen molar-refractivity contribution in [3.05, 3.63) is 12.2 Å². The number of hydrogen-bond donors (Lipinski definition) is 3. The number of aliphatic carboxylic acids is 1. The topological polar surface area (TPSA) is 99.4 Å². The number of unbranched alkanes of at least 4 members (excludes halogenated alkanes) is 3. The molecule has 0 spiro atoms. The second kappa shape index (κ2) is 10.7. The number of carboxylic acids is 1. The van der Waals surface area contributed by atoms with E-state index in [1.165, 1.54) is 0 Å². The van der Waals surface area contributed by atoms with Gasteiger partial charge in [0.25, 0.3) is 0 Å². The molecule has 0 aromatic heterocycles. The highest BCUT2D eigenvalue weighted by molar-refractivity contribution is 5.79. The van der Waals surface area contributed by atoms with E-state index >= 15 is 0 Å². The lowest BCUT2D eigenvalue weighted by Crippen LogP contribution is -2.20. The van der Waals surface area contributed by atoms with Gasteiger partial charge < -0.3 is 20.1 Å². The SMILES string of the molecule is CCCCC[C@H](O)C=CC1C(O)CC2N=C(OCCCCC(=O)O)CC21. The van der Waals surface area contributed by atoms with Crippen molar-refractivity contribution >= 4 is 11.9 Å². The zero-order valence-electron chi connectivity index (χ0n) is 15.7. The second-order valence-electron chi connectivity index (χ2n) is 7.49. The molecular weight excluding hydrogens is 334 g/mol. The third-order valence-electron chi connectivity index (χ3n) is 5.35. The maximum atomic E-state index is 10.5. The van der Waals surface area contributed by atoms with Gasteiger partial charge in [-0.15, -0.1) is 0 Å². The molecule has 148 valence electrons. The van der Waals surface area contributed by atoms with Gasteiger partial charge in [-0.2, -0.15) is 0 Å². The first-order valence-electron chi connectivity index (χ1n) is 9.97. The Morgan fingerprint density at radius 2 is 2.15 bits per heavy atom. The highest BCUT2D eigenvalue weighted by Crippen LogP contribution is 2.42. The standard InChI is InChI=1S/C20H33NO5/c1-2-3-4-7-14(22)9-10-15-16-12-19(21-17(16)13-18(15)23)26-11-6-5-8-20(24)25/h9-10,14-18,22-23H,2-8,11-13H2,1H3,(H,24,25)/t14-,15?,16?,17?,18?/m0/s1. The van der Waals surface area contributed by atoms with Crippen molar-refractivity contribution in [1.82, 2.24) is 0 Å². The Labute approximate surface area is 156 Å². The highest BCUT2D eigenvalue weighted by Gasteiger charge is 2.45. The van der Waals surface area contributed by atoms with Crippen LogP contribution in [0.5, 0.6) is 0 Å². The summed E-state index contributed by atoms with van der Waals surface area (Å²) in [6.07, 6.45) is 9.82. The van der Waals surface area contributed by atoms with Gasteiger partial charge in [0.1, 0.15) is 0 Å². The van der Waals surface area contributed by atoms with Gasteiger partial charge in [-0.25, -0.2) is 0 Å². The summed E-state index contributed by atoms with van der Waals surface area (Å²) >= 11 is 0. The largest absolute Gasteiger partial charge is 0.481 e. The maximum absolute atomic E-state index is 10.5. The molecule has 6 heteroatoms. The van der Waals surface area contributed by atoms with Gasteiger partial charge in [-0.1, -0.05) is 38.3 Å². The number of hydrogen-bond acceptors (Lipinski definition) is 5. The van der Waals surface area contributed by atoms with Crippen molar-refractivity contribution in [3.63, 3.8) is 0 Å². The Bertz CT molecular complexity index is 504. The van der Waals surface area contributed by atoms with E-state index in [4.69, 9.17) is 9.84 Å². The maximum Gasteiger partial charge on any atom is 0.303 e. The fourth-order valence-corrected chi connectivity index (χ4v) is 3.87. The molecule has 2 rings (SSSR count). The smallest absolute Gasteiger partial charge is 0.303 e. The summed E-state index contributed by atoms with van der Waals surface area (Å²) in [7, 11) is 0. The van der Waals surface area contributed by atoms with E-state index in [0.29, 0.717) is 32.3 Å². The number of fused-ring (bicyclic) bond motifs is 1. The number of carboxylic acid groups (broad SMARTS) is 1. The zero-order chi connectivity index (χ0) is 18.9. The second-order valence-corrected chi connectivity index (χ2v) is 7.49. The number of ether oxygens (including phenoxy) is 1. The third kappa shape index (κ3) is 6.40. The number of aliphatic imine (C=N–C) groups is 1. The molecule has 0 aromatic carbocycles. The van der Waals surface area contributed by atoms with Gasteiger partial charge in [-0.3, -0.25) is 9.79 Å². The van der Waals surface area contributed by atoms with Crippen LogP contribution < -0.4 is 0 Å². The summed E-state index contributed by atoms with van der Waals surface area (Å²) in [5, 5.41) is 29.0. The van der Waals surface area contributed by atoms with Gasteiger partial charge in [0.15, 0.2) is 5.90 Å². The summed E-state index contributed by atoms with van der Waals surface area (Å²) in [5.74, 6) is 0.193. The van der Waals surface area contributed by atoms with Gasteiger partial charge >= 0.3 is 5.97 Å². The average molecular weight is 367 g/mol. The Morgan fingerprint density at radius 3 is 2.88 bits per heavy atom. The first-order chi connectivity index (χ1) is 12.5. The van der Waals surface area contributed by atoms with Crippen LogP contribution in [0, 0.1) is 11.8 Å². The molecule has 1 aliphatic carbocycles. The number of carbonyl (C=O) groups is 1. The van der Waals surface area contributed by atoms with Gasteiger partial charge in [0, 0.05) is 18.8 Å². The lowest BCUT2D eigenvalue weighted by molar-refractivity contribution is -0.137. The molecule has 2 aliphatic rings. The number of aliphatic hydroxyl groups is 2. The van der Waals surface area contributed by atoms with Crippen molar-refractivity contribution in [2.75, 3.05) is 6.61 Å². The van der Waals surface area contributed by atoms with Crippen molar-refractivity contribution in [1.29, 1.82) is 0 Å². The third-order valence-corrected chi connectivity index (χ3v) is 5.35. The first-order valence-corrected chi connectivity index (χ1v) is 9.97. The quantitative estimate of drug-likeness (QED) is 0.385. The van der Waals surface area contributed by atoms with E-state index in [1.54, 1.807) is 0 Å². The van der Waals surface area contributed by atoms with Crippen LogP contribution in [0.15, 0.2) is 17.1 Å². The number of rotatable bonds is 11. The molecule has 3 N–H and O–H groups in total. The van der Waals surface area contributed by atoms with Crippen LogP contribution in [0.3, 0.4) is 0 Å². The Balaban J connectivity index is 1.75. The molecule has 0 radical (unpaired) electrons. The minimum Gasteiger partial charge on any atom is -0.481 e. The number of nitrogens with zero attached hydrogens (tertiary/aromatic N) is 1. The molecule has 1 aliphatic heterocycles. The zero-order valence-corrected chi connectivity index (χ0v) is 15.7. The molecule has 0 bridgehead atoms. The fourth-order valence-electron chi connectivity index (χ4n) is 3.87. The van der Waals surface area contributed by atoms with Crippen LogP contribution >= 0.6 is 0 Å². The van der Waals surface area contributed by atoms with Crippen LogP contribution in [0.4, 0.5) is 0 Å². The molecule has 6 nitrogen and oxygen atoms in total. The van der Waals surface area contributed by atoms with Crippen LogP contribution in [0.25, 0.3) is 0 Å². The molecule has 0 aromatic rings. The van der Waals surface area contributed by atoms with Crippen molar-refractivity contribution < 1.29 is 24.9 Å². The molecule has 0 amide bonds. The van der Waals surface area contributed by atoms with Crippen molar-refractivity contribution in [2.45, 2.75) is 83.0 Å². The van der Waals surface area contributed by atoms with Gasteiger partial charge in [0.05, 0.1) is 24.9 Å². The van der Waals surface area contributed by atoms with Crippen LogP contribution in [-0.4, -0.2) is 52.0 Å². The molecule has 1 fully saturated rings. The molecule has 5 atom stereocenters. The number of aliphatic hydroxyl groups excluding tert-OH is 2. The summed E-state index contributed by atoms with van der Waals surface area (Å²) < 4.78 is 5.70. The van der Waals surface area contributed by atoms with Gasteiger partial charge in [-0.05, 0) is 31.6 Å². The minimum absolute atomic E-state index is 0.0117. The lowest BCUT2D eigenvalue weighted by atomic mass is 9.90. The van der Waals surface area contributed by atoms with Crippen LogP contribution in [0.2, 0.25) is 0 Å². The van der Waals surface area contributed by atoms with Crippen molar-refractivity contribution in [2.24, 2.45) is 16.8 Å². The van der Waals surface area contributed by atoms with E-state index in [2.05, 4.69) is 11.9 Å². The van der Waals surface area contributed by atoms with Crippen molar-refractivity contribution in [3.8, 4) is 0 Å². The lowest BCUT2D eigenvalue weighted by Gasteiger charge is -2.17. The molecule has 1 saturated carbocycles. The Hall–Kier alpha value is -1.40. The Kier molecular flexibility index (Phi) is 8.59. The minimum atomic E-state index is -0.779. The predicted molar refractivity (Wildman–Crippen MR) is 100 cm³/mol. The Morgan fingerprint density at radius 1 is 1.35 bits per heavy atom. The molecule has 1 heterocycles. The van der Waals surface area contributed by atoms with E-state index < -0.39 is 18.2 Å². The summed E-state index contributed by atoms with van der Waals surface area (Å²) in [6, 6.07) is 0.0888. The van der Waals surface area contributed by atoms with E-state index in [0.717, 1.165) is 31.6 Å². The fraction of sp³-hybridized carbons (Fsp3) is 0.800. The van der Waals surface area contributed by atoms with Crippen LogP contribution in [0.1, 0.15) is 64.7 Å². The molecule has 0 saturated heterocycles. The van der Waals surface area contributed by atoms with E-state index in [1.807, 2.05) is 12.2 Å². The first kappa shape index (κ1) is 20.9. The predicted octanol–water partition coefficient (Wildman–Crippen LogP) is 2.92. The average Bonchev–Trinajstić information content (AvgIpc) is 3.09. The van der Waals surface area contributed by atoms with E-state index in [9.17, 15) is 15.0 Å². The summed E-state index contributed by atoms with van der Waals surface area (Å²) in [5.41, 5.74) is 0. The monoisotopic (exact) mass is 367 g/mol. The normalized spacial score (nSPS) is 29.0. The molecule has 4 unspecified atom stereocenters. The highest BCUT2D eigenvalue weighted by atomic mass is 16.5. The summed E-state index contributed by atoms with van der Waals surface area (Å²) in [6.45, 7) is 2.63. The summed E-state index contributed by atoms with van der Waals surface area (Å²) in [4.78, 5) is 15.1. The van der Waals surface area contributed by atoms with Gasteiger partial charge in [0.2, 0.25) is 0 Å². The van der Waals surface area contributed by atoms with E-state index in [-0.39, 0.29) is 24.3 Å².